The van der Waals surface area contributed by atoms with Crippen molar-refractivity contribution in [3.63, 3.8) is 0 Å². The number of benzene rings is 2. The van der Waals surface area contributed by atoms with Gasteiger partial charge in [-0.1, -0.05) is 18.2 Å². The zero-order valence-electron chi connectivity index (χ0n) is 14.9. The number of anilines is 1. The Labute approximate surface area is 164 Å². The van der Waals surface area contributed by atoms with Crippen LogP contribution < -0.4 is 15.6 Å². The van der Waals surface area contributed by atoms with Crippen molar-refractivity contribution in [1.82, 2.24) is 9.97 Å². The maximum absolute atomic E-state index is 13.0. The van der Waals surface area contributed by atoms with Crippen molar-refractivity contribution in [3.8, 4) is 5.88 Å². The molecule has 0 aliphatic carbocycles. The lowest BCUT2D eigenvalue weighted by molar-refractivity contribution is 0.450. The summed E-state index contributed by atoms with van der Waals surface area (Å²) in [6.45, 7) is 0.372. The van der Waals surface area contributed by atoms with Crippen molar-refractivity contribution in [2.24, 2.45) is 10.2 Å². The van der Waals surface area contributed by atoms with Gasteiger partial charge in [-0.15, -0.1) is 5.11 Å². The lowest BCUT2D eigenvalue weighted by atomic mass is 10.2. The van der Waals surface area contributed by atoms with Gasteiger partial charge in [0.15, 0.2) is 0 Å². The highest BCUT2D eigenvalue weighted by Gasteiger charge is 2.30. The minimum Gasteiger partial charge on any atom is -0.493 e. The summed E-state index contributed by atoms with van der Waals surface area (Å²) in [6.07, 6.45) is 0.652. The Bertz CT molecular complexity index is 1330. The van der Waals surface area contributed by atoms with Crippen LogP contribution in [0.5, 0.6) is 5.88 Å². The molecule has 1 aliphatic rings. The van der Waals surface area contributed by atoms with Crippen molar-refractivity contribution in [1.29, 1.82) is 0 Å². The largest absolute Gasteiger partial charge is 0.493 e. The predicted octanol–water partition coefficient (Wildman–Crippen LogP) is 1.94. The van der Waals surface area contributed by atoms with E-state index in [-0.39, 0.29) is 10.6 Å². The lowest BCUT2D eigenvalue weighted by Crippen LogP contribution is -2.29. The zero-order chi connectivity index (χ0) is 20.6. The van der Waals surface area contributed by atoms with E-state index in [1.54, 1.807) is 12.1 Å². The lowest BCUT2D eigenvalue weighted by Gasteiger charge is -2.19. The van der Waals surface area contributed by atoms with Crippen molar-refractivity contribution < 1.29 is 13.5 Å². The SMILES string of the molecule is O=c1[nH]c(O)c(N=Nc2ccc(S(=O)(=O)N3CCc4ccccc43)cc2)c(=O)[nH]1. The average molecular weight is 413 g/mol. The van der Waals surface area contributed by atoms with Crippen LogP contribution in [-0.4, -0.2) is 30.0 Å². The number of aromatic nitrogens is 2. The van der Waals surface area contributed by atoms with Crippen LogP contribution in [0, 0.1) is 0 Å². The third-order valence-electron chi connectivity index (χ3n) is 4.43. The quantitative estimate of drug-likeness (QED) is 0.559. The van der Waals surface area contributed by atoms with Gasteiger partial charge >= 0.3 is 5.69 Å². The molecule has 0 spiro atoms. The summed E-state index contributed by atoms with van der Waals surface area (Å²) < 4.78 is 27.3. The summed E-state index contributed by atoms with van der Waals surface area (Å²) in [7, 11) is -3.73. The fourth-order valence-corrected chi connectivity index (χ4v) is 4.54. The highest BCUT2D eigenvalue weighted by atomic mass is 32.2. The van der Waals surface area contributed by atoms with Crippen LogP contribution in [-0.2, 0) is 16.4 Å². The van der Waals surface area contributed by atoms with E-state index in [0.717, 1.165) is 5.56 Å². The summed E-state index contributed by atoms with van der Waals surface area (Å²) in [5.41, 5.74) is -0.325. The number of aromatic hydroxyl groups is 1. The number of nitrogens with one attached hydrogen (secondary N) is 2. The van der Waals surface area contributed by atoms with E-state index >= 15 is 0 Å². The molecule has 4 rings (SSSR count). The molecule has 3 aromatic rings. The monoisotopic (exact) mass is 413 g/mol. The smallest absolute Gasteiger partial charge is 0.328 e. The van der Waals surface area contributed by atoms with E-state index in [4.69, 9.17) is 0 Å². The van der Waals surface area contributed by atoms with Gasteiger partial charge in [0.2, 0.25) is 11.6 Å². The average Bonchev–Trinajstić information content (AvgIpc) is 3.12. The zero-order valence-corrected chi connectivity index (χ0v) is 15.7. The Morgan fingerprint density at radius 1 is 0.966 bits per heavy atom. The number of para-hydroxylation sites is 1. The molecule has 2 heterocycles. The number of H-pyrrole nitrogens is 2. The minimum absolute atomic E-state index is 0.0953. The Kier molecular flexibility index (Phi) is 4.51. The summed E-state index contributed by atoms with van der Waals surface area (Å²) in [5, 5.41) is 17.0. The molecule has 0 fully saturated rings. The molecule has 0 saturated heterocycles. The van der Waals surface area contributed by atoms with Crippen molar-refractivity contribution >= 4 is 27.1 Å². The third kappa shape index (κ3) is 3.43. The minimum atomic E-state index is -3.73. The van der Waals surface area contributed by atoms with Crippen molar-refractivity contribution in [3.05, 3.63) is 74.9 Å². The van der Waals surface area contributed by atoms with Crippen molar-refractivity contribution in [2.45, 2.75) is 11.3 Å². The standard InChI is InChI=1S/C18H15N5O5S/c24-16-15(17(25)20-18(26)19-16)22-21-12-5-7-13(8-6-12)29(27,28)23-10-9-11-3-1-2-4-14(11)23/h1-8H,9-10H2,(H3,19,20,24,25,26). The summed E-state index contributed by atoms with van der Waals surface area (Å²) in [5.74, 6) is -0.714. The molecule has 0 saturated carbocycles. The second-order valence-corrected chi connectivity index (χ2v) is 8.12. The van der Waals surface area contributed by atoms with Gasteiger partial charge in [0.05, 0.1) is 16.3 Å². The molecule has 10 nitrogen and oxygen atoms in total. The van der Waals surface area contributed by atoms with Crippen molar-refractivity contribution in [2.75, 3.05) is 10.8 Å². The molecule has 29 heavy (non-hydrogen) atoms. The first-order chi connectivity index (χ1) is 13.9. The molecular weight excluding hydrogens is 398 g/mol. The molecule has 0 atom stereocenters. The maximum Gasteiger partial charge on any atom is 0.328 e. The molecule has 1 aliphatic heterocycles. The number of nitrogens with zero attached hydrogens (tertiary/aromatic N) is 3. The molecule has 11 heteroatoms. The van der Waals surface area contributed by atoms with Crippen LogP contribution in [0.25, 0.3) is 0 Å². The maximum atomic E-state index is 13.0. The fraction of sp³-hybridized carbons (Fsp3) is 0.111. The number of hydrogen-bond acceptors (Lipinski definition) is 7. The first-order valence-corrected chi connectivity index (χ1v) is 9.98. The van der Waals surface area contributed by atoms with E-state index in [1.807, 2.05) is 22.1 Å². The second kappa shape index (κ2) is 7.02. The molecule has 148 valence electrons. The van der Waals surface area contributed by atoms with Gasteiger partial charge in [-0.05, 0) is 42.3 Å². The van der Waals surface area contributed by atoms with Crippen LogP contribution in [0.1, 0.15) is 5.56 Å². The Hall–Kier alpha value is -3.73. The van der Waals surface area contributed by atoms with Crippen LogP contribution in [0.15, 0.2) is 73.2 Å². The molecule has 2 aromatic carbocycles. The summed E-state index contributed by atoms with van der Waals surface area (Å²) >= 11 is 0. The first-order valence-electron chi connectivity index (χ1n) is 8.54. The highest BCUT2D eigenvalue weighted by Crippen LogP contribution is 2.33. The van der Waals surface area contributed by atoms with E-state index < -0.39 is 32.8 Å². The van der Waals surface area contributed by atoms with Crippen LogP contribution in [0.2, 0.25) is 0 Å². The fourth-order valence-electron chi connectivity index (χ4n) is 3.04. The van der Waals surface area contributed by atoms with Crippen LogP contribution in [0.4, 0.5) is 17.1 Å². The second-order valence-electron chi connectivity index (χ2n) is 6.26. The van der Waals surface area contributed by atoms with E-state index in [1.165, 1.54) is 28.6 Å². The summed E-state index contributed by atoms with van der Waals surface area (Å²) in [6, 6.07) is 13.0. The Balaban J connectivity index is 1.60. The molecule has 0 unspecified atom stereocenters. The number of hydrogen-bond donors (Lipinski definition) is 3. The molecular formula is C18H15N5O5S. The predicted molar refractivity (Wildman–Crippen MR) is 105 cm³/mol. The normalized spacial score (nSPS) is 13.7. The van der Waals surface area contributed by atoms with Gasteiger partial charge in [0.1, 0.15) is 0 Å². The molecule has 0 radical (unpaired) electrons. The summed E-state index contributed by atoms with van der Waals surface area (Å²) in [4.78, 5) is 26.7. The first kappa shape index (κ1) is 18.6. The molecule has 0 amide bonds. The highest BCUT2D eigenvalue weighted by molar-refractivity contribution is 7.92. The Morgan fingerprint density at radius 2 is 1.69 bits per heavy atom. The Morgan fingerprint density at radius 3 is 2.41 bits per heavy atom. The van der Waals surface area contributed by atoms with Gasteiger partial charge in [-0.2, -0.15) is 5.11 Å². The van der Waals surface area contributed by atoms with Gasteiger partial charge in [-0.25, -0.2) is 13.2 Å². The number of sulfonamides is 1. The molecule has 0 bridgehead atoms. The number of aromatic amines is 2. The van der Waals surface area contributed by atoms with Crippen LogP contribution in [0.3, 0.4) is 0 Å². The molecule has 3 N–H and O–H groups in total. The van der Waals surface area contributed by atoms with Gasteiger partial charge in [-0.3, -0.25) is 19.1 Å². The number of rotatable bonds is 4. The van der Waals surface area contributed by atoms with Gasteiger partial charge in [0.25, 0.3) is 15.6 Å². The third-order valence-corrected chi connectivity index (χ3v) is 6.26. The van der Waals surface area contributed by atoms with Gasteiger partial charge < -0.3 is 5.11 Å². The van der Waals surface area contributed by atoms with E-state index in [2.05, 4.69) is 10.2 Å². The number of fused-ring (bicyclic) bond motifs is 1. The molecule has 1 aromatic heterocycles. The van der Waals surface area contributed by atoms with Gasteiger partial charge in [0, 0.05) is 6.54 Å². The van der Waals surface area contributed by atoms with Crippen LogP contribution >= 0.6 is 0 Å². The topological polar surface area (TPSA) is 148 Å². The van der Waals surface area contributed by atoms with E-state index in [0.29, 0.717) is 18.7 Å². The number of azo groups is 1. The van der Waals surface area contributed by atoms with E-state index in [9.17, 15) is 23.1 Å².